The lowest BCUT2D eigenvalue weighted by Crippen LogP contribution is -1.80. The summed E-state index contributed by atoms with van der Waals surface area (Å²) in [5, 5.41) is 9.71. The average Bonchev–Trinajstić information content (AvgIpc) is 2.45. The third-order valence-electron chi connectivity index (χ3n) is 2.21. The van der Waals surface area contributed by atoms with Crippen molar-refractivity contribution in [3.05, 3.63) is 47.5 Å². The van der Waals surface area contributed by atoms with Crippen molar-refractivity contribution >= 4 is 10.8 Å². The molecule has 0 saturated carbocycles. The van der Waals surface area contributed by atoms with Crippen LogP contribution in [0.25, 0.3) is 10.8 Å². The molecule has 0 aliphatic heterocycles. The highest BCUT2D eigenvalue weighted by Crippen LogP contribution is 2.19. The topological polar surface area (TPSA) is 20.2 Å². The van der Waals surface area contributed by atoms with E-state index in [4.69, 9.17) is 5.11 Å². The second-order valence-corrected chi connectivity index (χ2v) is 3.30. The van der Waals surface area contributed by atoms with Gasteiger partial charge in [-0.15, -0.1) is 0 Å². The molecule has 102 valence electrons. The lowest BCUT2D eigenvalue weighted by atomic mass is 10.0. The van der Waals surface area contributed by atoms with Crippen LogP contribution in [0.1, 0.15) is 38.8 Å². The lowest BCUT2D eigenvalue weighted by Gasteiger charge is -2.02. The number of hydrogen-bond donors (Lipinski definition) is 1. The molecule has 1 N–H and O–H groups in total. The van der Waals surface area contributed by atoms with Gasteiger partial charge in [-0.05, 0) is 30.2 Å². The van der Waals surface area contributed by atoms with Crippen LogP contribution in [0, 0.1) is 13.8 Å². The van der Waals surface area contributed by atoms with Crippen molar-refractivity contribution in [1.82, 2.24) is 0 Å². The summed E-state index contributed by atoms with van der Waals surface area (Å²) >= 11 is 0. The summed E-state index contributed by atoms with van der Waals surface area (Å²) in [5.74, 6) is 0. The highest BCUT2D eigenvalue weighted by Gasteiger charge is 1.95. The van der Waals surface area contributed by atoms with E-state index in [1.54, 1.807) is 0 Å². The Morgan fingerprint density at radius 2 is 1.28 bits per heavy atom. The minimum Gasteiger partial charge on any atom is -0.400 e. The maximum atomic E-state index is 7.00. The van der Waals surface area contributed by atoms with E-state index in [1.807, 2.05) is 27.7 Å². The minimum atomic E-state index is 1.00. The van der Waals surface area contributed by atoms with Crippen molar-refractivity contribution in [2.45, 2.75) is 41.5 Å². The number of benzene rings is 2. The van der Waals surface area contributed by atoms with Gasteiger partial charge in [-0.2, -0.15) is 0 Å². The van der Waals surface area contributed by atoms with E-state index < -0.39 is 0 Å². The van der Waals surface area contributed by atoms with Crippen LogP contribution in [0.3, 0.4) is 0 Å². The van der Waals surface area contributed by atoms with Crippen molar-refractivity contribution in [3.8, 4) is 0 Å². The summed E-state index contributed by atoms with van der Waals surface area (Å²) in [5.41, 5.74) is 2.71. The predicted molar refractivity (Wildman–Crippen MR) is 84.3 cm³/mol. The van der Waals surface area contributed by atoms with Crippen LogP contribution < -0.4 is 0 Å². The molecular formula is C17H28O. The molecule has 2 aromatic carbocycles. The molecule has 0 unspecified atom stereocenters. The van der Waals surface area contributed by atoms with Gasteiger partial charge in [-0.3, -0.25) is 0 Å². The maximum Gasteiger partial charge on any atom is 0.0319 e. The number of hydrogen-bond acceptors (Lipinski definition) is 1. The summed E-state index contributed by atoms with van der Waals surface area (Å²) in [4.78, 5) is 0. The van der Waals surface area contributed by atoms with Crippen molar-refractivity contribution in [2.24, 2.45) is 0 Å². The van der Waals surface area contributed by atoms with Crippen LogP contribution >= 0.6 is 0 Å². The quantitative estimate of drug-likeness (QED) is 0.686. The molecule has 0 bridgehead atoms. The Bertz CT molecular complexity index is 419. The van der Waals surface area contributed by atoms with Crippen LogP contribution in [0.15, 0.2) is 36.4 Å². The maximum absolute atomic E-state index is 7.00. The highest BCUT2D eigenvalue weighted by atomic mass is 16.2. The Morgan fingerprint density at radius 1 is 0.778 bits per heavy atom. The smallest absolute Gasteiger partial charge is 0.0319 e. The Hall–Kier alpha value is -1.34. The van der Waals surface area contributed by atoms with Gasteiger partial charge < -0.3 is 5.11 Å². The van der Waals surface area contributed by atoms with Gasteiger partial charge in [0.1, 0.15) is 0 Å². The fourth-order valence-electron chi connectivity index (χ4n) is 1.69. The average molecular weight is 248 g/mol. The van der Waals surface area contributed by atoms with E-state index in [0.717, 1.165) is 7.11 Å². The summed E-state index contributed by atoms with van der Waals surface area (Å²) in [6, 6.07) is 13.0. The van der Waals surface area contributed by atoms with Crippen molar-refractivity contribution in [3.63, 3.8) is 0 Å². The Balaban J connectivity index is 0. The van der Waals surface area contributed by atoms with E-state index in [0.29, 0.717) is 0 Å². The highest BCUT2D eigenvalue weighted by molar-refractivity contribution is 5.86. The monoisotopic (exact) mass is 248 g/mol. The van der Waals surface area contributed by atoms with E-state index in [-0.39, 0.29) is 0 Å². The van der Waals surface area contributed by atoms with Crippen LogP contribution in [-0.4, -0.2) is 12.2 Å². The van der Waals surface area contributed by atoms with Gasteiger partial charge in [0.15, 0.2) is 0 Å². The van der Waals surface area contributed by atoms with Gasteiger partial charge >= 0.3 is 0 Å². The molecule has 0 aliphatic carbocycles. The number of aryl methyl sites for hydroxylation is 2. The first-order valence-corrected chi connectivity index (χ1v) is 6.68. The fraction of sp³-hybridized carbons (Fsp3) is 0.412. The van der Waals surface area contributed by atoms with Crippen LogP contribution in [-0.2, 0) is 0 Å². The van der Waals surface area contributed by atoms with Crippen LogP contribution in [0.5, 0.6) is 0 Å². The van der Waals surface area contributed by atoms with Gasteiger partial charge in [0.2, 0.25) is 0 Å². The molecule has 1 nitrogen and oxygen atoms in total. The number of aliphatic hydroxyl groups excluding tert-OH is 1. The molecule has 0 aromatic heterocycles. The van der Waals surface area contributed by atoms with E-state index >= 15 is 0 Å². The van der Waals surface area contributed by atoms with Gasteiger partial charge in [0, 0.05) is 7.11 Å². The number of rotatable bonds is 0. The lowest BCUT2D eigenvalue weighted by molar-refractivity contribution is 0.399. The van der Waals surface area contributed by atoms with E-state index in [1.165, 1.54) is 21.9 Å². The Morgan fingerprint density at radius 3 is 1.83 bits per heavy atom. The van der Waals surface area contributed by atoms with Crippen LogP contribution in [0.4, 0.5) is 0 Å². The molecule has 2 rings (SSSR count). The molecule has 0 fully saturated rings. The zero-order chi connectivity index (χ0) is 14.6. The largest absolute Gasteiger partial charge is 0.400 e. The zero-order valence-electron chi connectivity index (χ0n) is 12.9. The summed E-state index contributed by atoms with van der Waals surface area (Å²) in [6.07, 6.45) is 0. The molecule has 0 amide bonds. The molecule has 1 heteroatoms. The fourth-order valence-corrected chi connectivity index (χ4v) is 1.69. The molecule has 0 saturated heterocycles. The van der Waals surface area contributed by atoms with Crippen molar-refractivity contribution < 1.29 is 5.11 Å². The third kappa shape index (κ3) is 5.83. The Labute approximate surface area is 112 Å². The van der Waals surface area contributed by atoms with Gasteiger partial charge in [-0.1, -0.05) is 69.7 Å². The summed E-state index contributed by atoms with van der Waals surface area (Å²) in [6.45, 7) is 12.3. The molecule has 0 aliphatic rings. The predicted octanol–water partition coefficient (Wildman–Crippen LogP) is 5.12. The molecule has 0 heterocycles. The SMILES string of the molecule is CC.CC.CO.Cc1cc(C)c2ccccc2c1. The first-order valence-electron chi connectivity index (χ1n) is 6.68. The van der Waals surface area contributed by atoms with E-state index in [2.05, 4.69) is 50.2 Å². The number of fused-ring (bicyclic) bond motifs is 1. The molecule has 18 heavy (non-hydrogen) atoms. The van der Waals surface area contributed by atoms with Crippen molar-refractivity contribution in [2.75, 3.05) is 7.11 Å². The summed E-state index contributed by atoms with van der Waals surface area (Å²) in [7, 11) is 1.00. The first kappa shape index (κ1) is 19.0. The number of aliphatic hydroxyl groups is 1. The third-order valence-corrected chi connectivity index (χ3v) is 2.21. The molecule has 0 spiro atoms. The second-order valence-electron chi connectivity index (χ2n) is 3.30. The van der Waals surface area contributed by atoms with Gasteiger partial charge in [0.05, 0.1) is 0 Å². The first-order chi connectivity index (χ1) is 8.77. The van der Waals surface area contributed by atoms with Gasteiger partial charge in [0.25, 0.3) is 0 Å². The molecule has 2 aromatic rings. The minimum absolute atomic E-state index is 1.00. The molecule has 0 radical (unpaired) electrons. The van der Waals surface area contributed by atoms with Crippen LogP contribution in [0.2, 0.25) is 0 Å². The Kier molecular flexibility index (Phi) is 12.8. The standard InChI is InChI=1S/C12H12.2C2H6.CH4O/c1-9-7-10(2)12-6-4-3-5-11(12)8-9;3*1-2/h3-8H,1-2H3;2*1-2H3;2H,1H3. The van der Waals surface area contributed by atoms with E-state index in [9.17, 15) is 0 Å². The molecule has 0 atom stereocenters. The molecular weight excluding hydrogens is 220 g/mol. The van der Waals surface area contributed by atoms with Gasteiger partial charge in [-0.25, -0.2) is 0 Å². The second kappa shape index (κ2) is 12.1. The zero-order valence-corrected chi connectivity index (χ0v) is 12.9. The normalized spacial score (nSPS) is 8.00. The summed E-state index contributed by atoms with van der Waals surface area (Å²) < 4.78 is 0. The van der Waals surface area contributed by atoms with Crippen molar-refractivity contribution in [1.29, 1.82) is 0 Å².